The van der Waals surface area contributed by atoms with Crippen molar-refractivity contribution in [2.75, 3.05) is 11.9 Å². The van der Waals surface area contributed by atoms with Gasteiger partial charge in [0.2, 0.25) is 5.91 Å². The number of hydrogen-bond donors (Lipinski definition) is 2. The second-order valence-corrected chi connectivity index (χ2v) is 6.77. The predicted molar refractivity (Wildman–Crippen MR) is 93.2 cm³/mol. The highest BCUT2D eigenvalue weighted by Gasteiger charge is 2.26. The lowest BCUT2D eigenvalue weighted by molar-refractivity contribution is -0.115. The van der Waals surface area contributed by atoms with Gasteiger partial charge in [-0.05, 0) is 42.7 Å². The molecule has 0 heterocycles. The molecule has 1 aliphatic rings. The van der Waals surface area contributed by atoms with Crippen molar-refractivity contribution >= 4 is 11.6 Å². The minimum atomic E-state index is 0.0643. The van der Waals surface area contributed by atoms with E-state index >= 15 is 0 Å². The average Bonchev–Trinajstić information content (AvgIpc) is 2.50. The Labute approximate surface area is 134 Å². The number of amides is 1. The molecule has 0 bridgehead atoms. The van der Waals surface area contributed by atoms with Crippen LogP contribution in [0.5, 0.6) is 0 Å². The van der Waals surface area contributed by atoms with Gasteiger partial charge in [-0.2, -0.15) is 0 Å². The Kier molecular flexibility index (Phi) is 6.01. The number of nitrogens with one attached hydrogen (secondary N) is 2. The molecule has 1 aromatic carbocycles. The van der Waals surface area contributed by atoms with Crippen molar-refractivity contribution < 1.29 is 4.79 Å². The largest absolute Gasteiger partial charge is 0.324 e. The lowest BCUT2D eigenvalue weighted by atomic mass is 9.78. The molecule has 0 radical (unpaired) electrons. The molecular weight excluding hydrogens is 272 g/mol. The van der Waals surface area contributed by atoms with Crippen LogP contribution in [-0.2, 0) is 11.2 Å². The Morgan fingerprint density at radius 3 is 2.77 bits per heavy atom. The minimum Gasteiger partial charge on any atom is -0.324 e. The maximum absolute atomic E-state index is 12.3. The Balaban J connectivity index is 1.91. The molecule has 1 fully saturated rings. The number of rotatable bonds is 5. The van der Waals surface area contributed by atoms with Crippen molar-refractivity contribution in [2.45, 2.75) is 59.4 Å². The van der Waals surface area contributed by atoms with Crippen LogP contribution in [0.2, 0.25) is 0 Å². The van der Waals surface area contributed by atoms with E-state index in [1.807, 2.05) is 19.1 Å². The summed E-state index contributed by atoms with van der Waals surface area (Å²) in [7, 11) is 0. The summed E-state index contributed by atoms with van der Waals surface area (Å²) in [6.07, 6.45) is 4.70. The van der Waals surface area contributed by atoms with E-state index < -0.39 is 0 Å². The molecule has 1 saturated carbocycles. The monoisotopic (exact) mass is 302 g/mol. The number of para-hydroxylation sites is 1. The second kappa shape index (κ2) is 7.77. The normalized spacial score (nSPS) is 25.0. The Hall–Kier alpha value is -1.35. The van der Waals surface area contributed by atoms with Crippen LogP contribution in [0.15, 0.2) is 18.2 Å². The van der Waals surface area contributed by atoms with E-state index in [0.29, 0.717) is 18.5 Å². The van der Waals surface area contributed by atoms with Gasteiger partial charge in [0.1, 0.15) is 0 Å². The summed E-state index contributed by atoms with van der Waals surface area (Å²) >= 11 is 0. The third-order valence-electron chi connectivity index (χ3n) is 5.24. The van der Waals surface area contributed by atoms with Crippen molar-refractivity contribution in [1.29, 1.82) is 0 Å². The van der Waals surface area contributed by atoms with Gasteiger partial charge in [0, 0.05) is 11.7 Å². The Morgan fingerprint density at radius 1 is 1.27 bits per heavy atom. The summed E-state index contributed by atoms with van der Waals surface area (Å²) in [5.74, 6) is 1.46. The zero-order chi connectivity index (χ0) is 16.1. The summed E-state index contributed by atoms with van der Waals surface area (Å²) in [5.41, 5.74) is 3.32. The highest BCUT2D eigenvalue weighted by atomic mass is 16.1. The van der Waals surface area contributed by atoms with Gasteiger partial charge < -0.3 is 10.6 Å². The third-order valence-corrected chi connectivity index (χ3v) is 5.24. The van der Waals surface area contributed by atoms with Crippen molar-refractivity contribution in [3.63, 3.8) is 0 Å². The Bertz CT molecular complexity index is 512. The smallest absolute Gasteiger partial charge is 0.238 e. The van der Waals surface area contributed by atoms with Crippen molar-refractivity contribution in [3.05, 3.63) is 29.3 Å². The SMILES string of the molecule is CCc1cccc(C)c1NC(=O)CN[C@H]1CCC[C@@H](C)[C@@H]1C. The molecule has 122 valence electrons. The van der Waals surface area contributed by atoms with Crippen molar-refractivity contribution in [1.82, 2.24) is 5.32 Å². The standard InChI is InChI=1S/C19H30N2O/c1-5-16-10-6-9-14(3)19(16)21-18(22)12-20-17-11-7-8-13(2)15(17)4/h6,9-10,13,15,17,20H,5,7-8,11-12H2,1-4H3,(H,21,22)/t13-,15+,17+/m1/s1. The quantitative estimate of drug-likeness (QED) is 0.866. The van der Waals surface area contributed by atoms with E-state index in [1.54, 1.807) is 0 Å². The molecule has 1 amide bonds. The maximum Gasteiger partial charge on any atom is 0.238 e. The van der Waals surface area contributed by atoms with E-state index in [9.17, 15) is 4.79 Å². The third kappa shape index (κ3) is 4.10. The summed E-state index contributed by atoms with van der Waals surface area (Å²) in [6, 6.07) is 6.65. The highest BCUT2D eigenvalue weighted by Crippen LogP contribution is 2.29. The molecule has 1 aliphatic carbocycles. The first kappa shape index (κ1) is 17.0. The van der Waals surface area contributed by atoms with Crippen LogP contribution in [0, 0.1) is 18.8 Å². The van der Waals surface area contributed by atoms with Gasteiger partial charge in [-0.3, -0.25) is 4.79 Å². The van der Waals surface area contributed by atoms with Gasteiger partial charge in [-0.15, -0.1) is 0 Å². The van der Waals surface area contributed by atoms with E-state index in [0.717, 1.165) is 23.6 Å². The summed E-state index contributed by atoms with van der Waals surface area (Å²) in [4.78, 5) is 12.3. The molecule has 22 heavy (non-hydrogen) atoms. The summed E-state index contributed by atoms with van der Waals surface area (Å²) in [6.45, 7) is 9.19. The molecule has 0 saturated heterocycles. The van der Waals surface area contributed by atoms with Gasteiger partial charge >= 0.3 is 0 Å². The molecule has 3 heteroatoms. The number of benzene rings is 1. The molecule has 2 N–H and O–H groups in total. The summed E-state index contributed by atoms with van der Waals surface area (Å²) in [5, 5.41) is 6.56. The van der Waals surface area contributed by atoms with Gasteiger partial charge in [0.15, 0.2) is 0 Å². The number of carbonyl (C=O) groups excluding carboxylic acids is 1. The number of aryl methyl sites for hydroxylation is 2. The lowest BCUT2D eigenvalue weighted by Crippen LogP contribution is -2.43. The Morgan fingerprint density at radius 2 is 2.05 bits per heavy atom. The molecular formula is C19H30N2O. The molecule has 0 unspecified atom stereocenters. The molecule has 3 atom stereocenters. The van der Waals surface area contributed by atoms with Gasteiger partial charge in [0.25, 0.3) is 0 Å². The lowest BCUT2D eigenvalue weighted by Gasteiger charge is -2.34. The first-order chi connectivity index (χ1) is 10.5. The van der Waals surface area contributed by atoms with E-state index in [4.69, 9.17) is 0 Å². The van der Waals surface area contributed by atoms with Crippen LogP contribution in [0.25, 0.3) is 0 Å². The first-order valence-corrected chi connectivity index (χ1v) is 8.64. The van der Waals surface area contributed by atoms with E-state index in [2.05, 4.69) is 37.5 Å². The van der Waals surface area contributed by atoms with Gasteiger partial charge in [-0.25, -0.2) is 0 Å². The van der Waals surface area contributed by atoms with Crippen LogP contribution in [-0.4, -0.2) is 18.5 Å². The molecule has 1 aromatic rings. The number of anilines is 1. The minimum absolute atomic E-state index is 0.0643. The van der Waals surface area contributed by atoms with Crippen molar-refractivity contribution in [2.24, 2.45) is 11.8 Å². The maximum atomic E-state index is 12.3. The highest BCUT2D eigenvalue weighted by molar-refractivity contribution is 5.93. The molecule has 2 rings (SSSR count). The zero-order valence-corrected chi connectivity index (χ0v) is 14.4. The molecule has 0 spiro atoms. The van der Waals surface area contributed by atoms with Crippen LogP contribution < -0.4 is 10.6 Å². The van der Waals surface area contributed by atoms with E-state index in [-0.39, 0.29) is 5.91 Å². The zero-order valence-electron chi connectivity index (χ0n) is 14.4. The van der Waals surface area contributed by atoms with E-state index in [1.165, 1.54) is 24.8 Å². The topological polar surface area (TPSA) is 41.1 Å². The van der Waals surface area contributed by atoms with Gasteiger partial charge in [-0.1, -0.05) is 51.8 Å². The molecule has 0 aliphatic heterocycles. The fourth-order valence-electron chi connectivity index (χ4n) is 3.48. The van der Waals surface area contributed by atoms with Crippen LogP contribution in [0.1, 0.15) is 51.2 Å². The van der Waals surface area contributed by atoms with Crippen LogP contribution >= 0.6 is 0 Å². The fraction of sp³-hybridized carbons (Fsp3) is 0.632. The fourth-order valence-corrected chi connectivity index (χ4v) is 3.48. The second-order valence-electron chi connectivity index (χ2n) is 6.77. The predicted octanol–water partition coefficient (Wildman–Crippen LogP) is 3.91. The molecule has 3 nitrogen and oxygen atoms in total. The average molecular weight is 302 g/mol. The summed E-state index contributed by atoms with van der Waals surface area (Å²) < 4.78 is 0. The van der Waals surface area contributed by atoms with Gasteiger partial charge in [0.05, 0.1) is 6.54 Å². The first-order valence-electron chi connectivity index (χ1n) is 8.64. The molecule has 0 aromatic heterocycles. The number of hydrogen-bond acceptors (Lipinski definition) is 2. The van der Waals surface area contributed by atoms with Crippen molar-refractivity contribution in [3.8, 4) is 0 Å². The van der Waals surface area contributed by atoms with Crippen LogP contribution in [0.3, 0.4) is 0 Å². The van der Waals surface area contributed by atoms with Crippen LogP contribution in [0.4, 0.5) is 5.69 Å². The number of carbonyl (C=O) groups is 1.